The largest absolute Gasteiger partial charge is 0.394 e. The van der Waals surface area contributed by atoms with Crippen LogP contribution in [0, 0.1) is 0 Å². The summed E-state index contributed by atoms with van der Waals surface area (Å²) in [5.74, 6) is -0.483. The molecule has 1 aliphatic rings. The Morgan fingerprint density at radius 1 is 1.48 bits per heavy atom. The Labute approximate surface area is 152 Å². The van der Waals surface area contributed by atoms with Crippen molar-refractivity contribution in [2.24, 2.45) is 5.73 Å². The van der Waals surface area contributed by atoms with E-state index < -0.39 is 54.3 Å². The van der Waals surface area contributed by atoms with Crippen LogP contribution in [0.5, 0.6) is 0 Å². The maximum Gasteiger partial charge on any atom is 0.327 e. The van der Waals surface area contributed by atoms with Crippen LogP contribution < -0.4 is 22.3 Å². The van der Waals surface area contributed by atoms with Crippen molar-refractivity contribution in [3.63, 3.8) is 0 Å². The number of nitrogens with zero attached hydrogens (tertiary/aromatic N) is 2. The van der Waals surface area contributed by atoms with Crippen molar-refractivity contribution < 1.29 is 19.7 Å². The normalized spacial score (nSPS) is 26.4. The average Bonchev–Trinajstić information content (AvgIpc) is 3.17. The molecule has 1 amide bonds. The first-order valence-corrected chi connectivity index (χ1v) is 8.56. The number of carbonyl (C=O) groups excluding carboxylic acids is 1. The number of fused-ring (bicyclic) bond motifs is 1. The summed E-state index contributed by atoms with van der Waals surface area (Å²) in [5, 5.41) is 22.5. The molecule has 0 saturated carbocycles. The number of aromatic nitrogens is 4. The summed E-state index contributed by atoms with van der Waals surface area (Å²) in [4.78, 5) is 44.2. The SMILES string of the molecule is CCCC(N)C(=O)NC1[C@@H](O)[C@@H](CO)O[C@H]1n1cnc2c(=O)[nH]c(=O)[nH]c21. The van der Waals surface area contributed by atoms with Crippen molar-refractivity contribution in [1.29, 1.82) is 0 Å². The van der Waals surface area contributed by atoms with Gasteiger partial charge in [-0.1, -0.05) is 13.3 Å². The molecule has 0 bridgehead atoms. The van der Waals surface area contributed by atoms with E-state index in [0.29, 0.717) is 12.8 Å². The molecule has 1 fully saturated rings. The Morgan fingerprint density at radius 2 is 2.22 bits per heavy atom. The zero-order valence-corrected chi connectivity index (χ0v) is 14.6. The zero-order valence-electron chi connectivity index (χ0n) is 14.6. The average molecular weight is 382 g/mol. The van der Waals surface area contributed by atoms with E-state index in [-0.39, 0.29) is 11.2 Å². The van der Waals surface area contributed by atoms with Crippen LogP contribution in [0.15, 0.2) is 15.9 Å². The number of rotatable bonds is 6. The first kappa shape index (κ1) is 19.2. The number of nitrogens with two attached hydrogens (primary N) is 1. The van der Waals surface area contributed by atoms with Gasteiger partial charge in [0.25, 0.3) is 5.56 Å². The van der Waals surface area contributed by atoms with Crippen LogP contribution in [-0.2, 0) is 9.53 Å². The van der Waals surface area contributed by atoms with Crippen LogP contribution in [-0.4, -0.2) is 66.5 Å². The molecule has 0 radical (unpaired) electrons. The van der Waals surface area contributed by atoms with Gasteiger partial charge in [0.05, 0.1) is 19.0 Å². The van der Waals surface area contributed by atoms with E-state index in [0.717, 1.165) is 0 Å². The van der Waals surface area contributed by atoms with Crippen LogP contribution in [0.4, 0.5) is 0 Å². The highest BCUT2D eigenvalue weighted by Gasteiger charge is 2.46. The summed E-state index contributed by atoms with van der Waals surface area (Å²) in [6.07, 6.45) is -0.814. The van der Waals surface area contributed by atoms with Gasteiger partial charge in [0, 0.05) is 0 Å². The summed E-state index contributed by atoms with van der Waals surface area (Å²) in [5.41, 5.74) is 4.43. The second-order valence-corrected chi connectivity index (χ2v) is 6.43. The molecular formula is C15H22N6O6. The highest BCUT2D eigenvalue weighted by atomic mass is 16.5. The molecule has 3 rings (SSSR count). The Bertz CT molecular complexity index is 935. The molecule has 2 unspecified atom stereocenters. The quantitative estimate of drug-likeness (QED) is 0.310. The Kier molecular flexibility index (Phi) is 5.41. The number of nitrogens with one attached hydrogen (secondary N) is 3. The monoisotopic (exact) mass is 382 g/mol. The van der Waals surface area contributed by atoms with Gasteiger partial charge in [0.2, 0.25) is 5.91 Å². The van der Waals surface area contributed by atoms with Crippen LogP contribution in [0.3, 0.4) is 0 Å². The van der Waals surface area contributed by atoms with Gasteiger partial charge < -0.3 is 26.0 Å². The van der Waals surface area contributed by atoms with Gasteiger partial charge in [-0.05, 0) is 6.42 Å². The number of aliphatic hydroxyl groups is 2. The van der Waals surface area contributed by atoms with Crippen molar-refractivity contribution in [3.05, 3.63) is 27.2 Å². The second kappa shape index (κ2) is 7.60. The smallest absolute Gasteiger partial charge is 0.327 e. The summed E-state index contributed by atoms with van der Waals surface area (Å²) < 4.78 is 6.96. The number of hydrogen-bond donors (Lipinski definition) is 6. The van der Waals surface area contributed by atoms with E-state index in [9.17, 15) is 24.6 Å². The second-order valence-electron chi connectivity index (χ2n) is 6.43. The number of aromatic amines is 2. The summed E-state index contributed by atoms with van der Waals surface area (Å²) in [7, 11) is 0. The standard InChI is InChI=1S/C15H22N6O6/c1-2-3-6(16)12(24)18-8-10(23)7(4-22)27-14(8)21-5-17-9-11(21)19-15(26)20-13(9)25/h5-8,10,14,22-23H,2-4,16H2,1H3,(H,18,24)(H2,19,20,25,26)/t6?,7-,8?,10+,14-/m1/s1. The van der Waals surface area contributed by atoms with Gasteiger partial charge in [0.15, 0.2) is 11.7 Å². The molecule has 0 spiro atoms. The Morgan fingerprint density at radius 3 is 2.89 bits per heavy atom. The van der Waals surface area contributed by atoms with E-state index in [4.69, 9.17) is 10.5 Å². The van der Waals surface area contributed by atoms with Gasteiger partial charge in [-0.3, -0.25) is 24.1 Å². The van der Waals surface area contributed by atoms with Crippen molar-refractivity contribution in [2.75, 3.05) is 6.61 Å². The van der Waals surface area contributed by atoms with E-state index in [1.54, 1.807) is 0 Å². The lowest BCUT2D eigenvalue weighted by atomic mass is 10.1. The molecular weight excluding hydrogens is 360 g/mol. The van der Waals surface area contributed by atoms with Crippen molar-refractivity contribution in [2.45, 2.75) is 50.3 Å². The van der Waals surface area contributed by atoms with Crippen LogP contribution >= 0.6 is 0 Å². The molecule has 12 heteroatoms. The maximum atomic E-state index is 12.3. The highest BCUT2D eigenvalue weighted by Crippen LogP contribution is 2.30. The lowest BCUT2D eigenvalue weighted by molar-refractivity contribution is -0.124. The minimum atomic E-state index is -1.23. The molecule has 2 aromatic rings. The minimum Gasteiger partial charge on any atom is -0.394 e. The molecule has 3 heterocycles. The molecule has 1 aliphatic heterocycles. The van der Waals surface area contributed by atoms with Gasteiger partial charge in [-0.2, -0.15) is 0 Å². The van der Waals surface area contributed by atoms with Gasteiger partial charge in [-0.25, -0.2) is 9.78 Å². The predicted molar refractivity (Wildman–Crippen MR) is 92.8 cm³/mol. The number of carbonyl (C=O) groups is 1. The third-order valence-corrected chi connectivity index (χ3v) is 4.54. The molecule has 0 aliphatic carbocycles. The van der Waals surface area contributed by atoms with E-state index in [1.807, 2.05) is 6.92 Å². The van der Waals surface area contributed by atoms with Gasteiger partial charge in [-0.15, -0.1) is 0 Å². The summed E-state index contributed by atoms with van der Waals surface area (Å²) in [6.45, 7) is 1.39. The Hall–Kier alpha value is -2.54. The fourth-order valence-corrected chi connectivity index (χ4v) is 3.15. The van der Waals surface area contributed by atoms with E-state index >= 15 is 0 Å². The lowest BCUT2D eigenvalue weighted by Crippen LogP contribution is -2.51. The summed E-state index contributed by atoms with van der Waals surface area (Å²) in [6, 6.07) is -1.74. The Balaban J connectivity index is 1.98. The number of hydrogen-bond acceptors (Lipinski definition) is 8. The number of H-pyrrole nitrogens is 2. The molecule has 7 N–H and O–H groups in total. The first-order chi connectivity index (χ1) is 12.9. The van der Waals surface area contributed by atoms with Crippen molar-refractivity contribution in [1.82, 2.24) is 24.8 Å². The van der Waals surface area contributed by atoms with Gasteiger partial charge >= 0.3 is 5.69 Å². The maximum absolute atomic E-state index is 12.3. The van der Waals surface area contributed by atoms with E-state index in [1.165, 1.54) is 10.9 Å². The fourth-order valence-electron chi connectivity index (χ4n) is 3.15. The lowest BCUT2D eigenvalue weighted by Gasteiger charge is -2.24. The summed E-state index contributed by atoms with van der Waals surface area (Å²) >= 11 is 0. The number of amides is 1. The molecule has 2 aromatic heterocycles. The van der Waals surface area contributed by atoms with Crippen molar-refractivity contribution >= 4 is 17.1 Å². The number of aliphatic hydroxyl groups excluding tert-OH is 2. The predicted octanol–water partition coefficient (Wildman–Crippen LogP) is -2.72. The molecule has 148 valence electrons. The third kappa shape index (κ3) is 3.51. The molecule has 1 saturated heterocycles. The molecule has 5 atom stereocenters. The number of imidazole rings is 1. The first-order valence-electron chi connectivity index (χ1n) is 8.56. The van der Waals surface area contributed by atoms with Crippen LogP contribution in [0.25, 0.3) is 11.2 Å². The van der Waals surface area contributed by atoms with Gasteiger partial charge in [0.1, 0.15) is 23.9 Å². The minimum absolute atomic E-state index is 0.0344. The van der Waals surface area contributed by atoms with E-state index in [2.05, 4.69) is 20.3 Å². The van der Waals surface area contributed by atoms with Crippen LogP contribution in [0.2, 0.25) is 0 Å². The molecule has 12 nitrogen and oxygen atoms in total. The highest BCUT2D eigenvalue weighted by molar-refractivity contribution is 5.82. The molecule has 0 aromatic carbocycles. The number of ether oxygens (including phenoxy) is 1. The topological polar surface area (TPSA) is 188 Å². The zero-order chi connectivity index (χ0) is 19.7. The van der Waals surface area contributed by atoms with Crippen LogP contribution in [0.1, 0.15) is 26.0 Å². The molecule has 27 heavy (non-hydrogen) atoms. The third-order valence-electron chi connectivity index (χ3n) is 4.54. The fraction of sp³-hybridized carbons (Fsp3) is 0.600. The van der Waals surface area contributed by atoms with Crippen molar-refractivity contribution in [3.8, 4) is 0 Å².